The van der Waals surface area contributed by atoms with Gasteiger partial charge in [-0.25, -0.2) is 4.79 Å². The molecule has 0 unspecified atom stereocenters. The molecule has 27 heavy (non-hydrogen) atoms. The lowest BCUT2D eigenvalue weighted by Gasteiger charge is -2.42. The van der Waals surface area contributed by atoms with Crippen LogP contribution in [0.5, 0.6) is 0 Å². The molecule has 0 aromatic rings. The number of nitrogens with zero attached hydrogens (tertiary/aromatic N) is 3. The van der Waals surface area contributed by atoms with Crippen LogP contribution in [-0.2, 0) is 9.47 Å². The summed E-state index contributed by atoms with van der Waals surface area (Å²) in [5, 5.41) is 6.75. The van der Waals surface area contributed by atoms with E-state index in [1.807, 2.05) is 20.8 Å². The maximum Gasteiger partial charge on any atom is 0.410 e. The normalized spacial score (nSPS) is 21.0. The van der Waals surface area contributed by atoms with Crippen LogP contribution in [0.25, 0.3) is 0 Å². The summed E-state index contributed by atoms with van der Waals surface area (Å²) in [6.45, 7) is 12.1. The highest BCUT2D eigenvalue weighted by Gasteiger charge is 2.36. The van der Waals surface area contributed by atoms with Crippen LogP contribution in [0.2, 0.25) is 0 Å². The van der Waals surface area contributed by atoms with Crippen LogP contribution in [-0.4, -0.2) is 92.5 Å². The number of rotatable bonds is 5. The molecule has 2 aliphatic rings. The van der Waals surface area contributed by atoms with Gasteiger partial charge in [-0.1, -0.05) is 0 Å². The molecule has 0 radical (unpaired) electrons. The fourth-order valence-electron chi connectivity index (χ4n) is 3.28. The number of ether oxygens (including phenoxy) is 2. The summed E-state index contributed by atoms with van der Waals surface area (Å²) in [4.78, 5) is 20.9. The topological polar surface area (TPSA) is 78.4 Å². The zero-order valence-electron chi connectivity index (χ0n) is 17.8. The molecule has 2 N–H and O–H groups in total. The van der Waals surface area contributed by atoms with Crippen molar-refractivity contribution in [2.75, 3.05) is 53.5 Å². The van der Waals surface area contributed by atoms with Crippen molar-refractivity contribution in [3.63, 3.8) is 0 Å². The van der Waals surface area contributed by atoms with Gasteiger partial charge in [0.2, 0.25) is 0 Å². The number of likely N-dealkylation sites (tertiary alicyclic amines) is 1. The highest BCUT2D eigenvalue weighted by Crippen LogP contribution is 2.26. The SMILES string of the molecule is CCNC(=NCC1(N(C)C)CCOCC1)NC1CN(C(=O)OC(C)(C)C)C1. The molecule has 2 aliphatic heterocycles. The zero-order chi connectivity index (χ0) is 20.1. The summed E-state index contributed by atoms with van der Waals surface area (Å²) in [7, 11) is 4.23. The van der Waals surface area contributed by atoms with E-state index in [0.29, 0.717) is 13.1 Å². The molecule has 0 aromatic carbocycles. The van der Waals surface area contributed by atoms with E-state index >= 15 is 0 Å². The lowest BCUT2D eigenvalue weighted by atomic mass is 9.89. The second-order valence-electron chi connectivity index (χ2n) is 8.65. The average molecular weight is 384 g/mol. The molecule has 1 amide bonds. The van der Waals surface area contributed by atoms with Crippen LogP contribution in [0.1, 0.15) is 40.5 Å². The van der Waals surface area contributed by atoms with Gasteiger partial charge in [0.25, 0.3) is 0 Å². The van der Waals surface area contributed by atoms with Crippen molar-refractivity contribution in [1.82, 2.24) is 20.4 Å². The number of nitrogens with one attached hydrogen (secondary N) is 2. The van der Waals surface area contributed by atoms with E-state index in [9.17, 15) is 4.79 Å². The first-order valence-electron chi connectivity index (χ1n) is 9.93. The number of likely N-dealkylation sites (N-methyl/N-ethyl adjacent to an activating group) is 1. The Morgan fingerprint density at radius 2 is 1.93 bits per heavy atom. The maximum absolute atomic E-state index is 12.1. The number of amides is 1. The first kappa shape index (κ1) is 21.8. The number of guanidine groups is 1. The molecule has 0 aromatic heterocycles. The highest BCUT2D eigenvalue weighted by atomic mass is 16.6. The van der Waals surface area contributed by atoms with E-state index in [1.54, 1.807) is 4.90 Å². The largest absolute Gasteiger partial charge is 0.444 e. The second-order valence-corrected chi connectivity index (χ2v) is 8.65. The summed E-state index contributed by atoms with van der Waals surface area (Å²) in [6, 6.07) is 0.195. The molecule has 0 atom stereocenters. The first-order valence-corrected chi connectivity index (χ1v) is 9.93. The van der Waals surface area contributed by atoms with Gasteiger partial charge in [-0.15, -0.1) is 0 Å². The van der Waals surface area contributed by atoms with Gasteiger partial charge in [0, 0.05) is 38.4 Å². The monoisotopic (exact) mass is 383 g/mol. The van der Waals surface area contributed by atoms with Crippen molar-refractivity contribution in [3.05, 3.63) is 0 Å². The molecular formula is C19H37N5O3. The second kappa shape index (κ2) is 9.10. The Hall–Kier alpha value is -1.54. The highest BCUT2D eigenvalue weighted by molar-refractivity contribution is 5.80. The van der Waals surface area contributed by atoms with E-state index in [2.05, 4.69) is 36.6 Å². The fraction of sp³-hybridized carbons (Fsp3) is 0.895. The zero-order valence-corrected chi connectivity index (χ0v) is 17.8. The number of hydrogen-bond donors (Lipinski definition) is 2. The summed E-state index contributed by atoms with van der Waals surface area (Å²) in [6.07, 6.45) is 1.72. The lowest BCUT2D eigenvalue weighted by molar-refractivity contribution is -0.00261. The summed E-state index contributed by atoms with van der Waals surface area (Å²) >= 11 is 0. The van der Waals surface area contributed by atoms with Crippen LogP contribution in [0.4, 0.5) is 4.79 Å². The van der Waals surface area contributed by atoms with Gasteiger partial charge < -0.3 is 29.9 Å². The Morgan fingerprint density at radius 1 is 1.30 bits per heavy atom. The van der Waals surface area contributed by atoms with Gasteiger partial charge in [-0.3, -0.25) is 4.99 Å². The molecule has 156 valence electrons. The van der Waals surface area contributed by atoms with Gasteiger partial charge in [0.1, 0.15) is 5.60 Å². The predicted molar refractivity (Wildman–Crippen MR) is 107 cm³/mol. The van der Waals surface area contributed by atoms with E-state index in [0.717, 1.165) is 45.1 Å². The molecule has 0 aliphatic carbocycles. The third-order valence-electron chi connectivity index (χ3n) is 5.12. The number of hydrogen-bond acceptors (Lipinski definition) is 5. The van der Waals surface area contributed by atoms with Crippen molar-refractivity contribution < 1.29 is 14.3 Å². The van der Waals surface area contributed by atoms with Crippen molar-refractivity contribution >= 4 is 12.1 Å². The number of aliphatic imine (C=N–C) groups is 1. The predicted octanol–water partition coefficient (Wildman–Crippen LogP) is 1.27. The summed E-state index contributed by atoms with van der Waals surface area (Å²) in [5.41, 5.74) is -0.418. The van der Waals surface area contributed by atoms with Gasteiger partial charge >= 0.3 is 6.09 Å². The Bertz CT molecular complexity index is 518. The van der Waals surface area contributed by atoms with Gasteiger partial charge in [-0.2, -0.15) is 0 Å². The van der Waals surface area contributed by atoms with E-state index in [4.69, 9.17) is 14.5 Å². The Balaban J connectivity index is 1.88. The molecule has 0 bridgehead atoms. The third kappa shape index (κ3) is 6.24. The van der Waals surface area contributed by atoms with Crippen LogP contribution < -0.4 is 10.6 Å². The quantitative estimate of drug-likeness (QED) is 0.550. The van der Waals surface area contributed by atoms with Crippen molar-refractivity contribution in [2.24, 2.45) is 4.99 Å². The van der Waals surface area contributed by atoms with E-state index in [-0.39, 0.29) is 17.7 Å². The molecule has 8 nitrogen and oxygen atoms in total. The lowest BCUT2D eigenvalue weighted by Crippen LogP contribution is -2.63. The Kier molecular flexibility index (Phi) is 7.33. The van der Waals surface area contributed by atoms with Crippen molar-refractivity contribution in [2.45, 2.75) is 57.7 Å². The molecule has 2 saturated heterocycles. The van der Waals surface area contributed by atoms with Crippen LogP contribution in [0.3, 0.4) is 0 Å². The maximum atomic E-state index is 12.1. The van der Waals surface area contributed by atoms with E-state index in [1.165, 1.54) is 0 Å². The molecule has 2 heterocycles. The van der Waals surface area contributed by atoms with Crippen LogP contribution in [0, 0.1) is 0 Å². The van der Waals surface area contributed by atoms with Gasteiger partial charge in [0.15, 0.2) is 5.96 Å². The first-order chi connectivity index (χ1) is 12.6. The number of carbonyl (C=O) groups excluding carboxylic acids is 1. The molecule has 0 spiro atoms. The minimum absolute atomic E-state index is 0.0444. The van der Waals surface area contributed by atoms with Crippen molar-refractivity contribution in [3.8, 4) is 0 Å². The fourth-order valence-corrected chi connectivity index (χ4v) is 3.28. The van der Waals surface area contributed by atoms with Gasteiger partial charge in [-0.05, 0) is 54.6 Å². The average Bonchev–Trinajstić information content (AvgIpc) is 2.54. The molecule has 2 rings (SSSR count). The third-order valence-corrected chi connectivity index (χ3v) is 5.12. The minimum Gasteiger partial charge on any atom is -0.444 e. The molecule has 0 saturated carbocycles. The van der Waals surface area contributed by atoms with Crippen molar-refractivity contribution in [1.29, 1.82) is 0 Å². The molecular weight excluding hydrogens is 346 g/mol. The Labute approximate surface area is 163 Å². The molecule has 8 heteroatoms. The molecule has 2 fully saturated rings. The summed E-state index contributed by atoms with van der Waals surface area (Å²) in [5.74, 6) is 0.805. The van der Waals surface area contributed by atoms with Crippen LogP contribution in [0.15, 0.2) is 4.99 Å². The Morgan fingerprint density at radius 3 is 2.44 bits per heavy atom. The summed E-state index contributed by atoms with van der Waals surface area (Å²) < 4.78 is 10.9. The van der Waals surface area contributed by atoms with Crippen LogP contribution >= 0.6 is 0 Å². The number of carbonyl (C=O) groups is 1. The minimum atomic E-state index is -0.462. The standard InChI is InChI=1S/C19H37N5O3/c1-7-20-16(21-14-19(23(5)6)8-10-26-11-9-19)22-15-12-24(13-15)17(25)27-18(2,3)4/h15H,7-14H2,1-6H3,(H2,20,21,22). The smallest absolute Gasteiger partial charge is 0.410 e. The van der Waals surface area contributed by atoms with E-state index < -0.39 is 5.60 Å². The van der Waals surface area contributed by atoms with Gasteiger partial charge in [0.05, 0.1) is 12.6 Å².